The molecule has 7 heteroatoms. The van der Waals surface area contributed by atoms with Gasteiger partial charge >= 0.3 is 6.03 Å². The van der Waals surface area contributed by atoms with Crippen molar-refractivity contribution in [1.82, 2.24) is 15.2 Å². The fourth-order valence-corrected chi connectivity index (χ4v) is 3.41. The minimum absolute atomic E-state index is 0.155. The van der Waals surface area contributed by atoms with Crippen molar-refractivity contribution >= 4 is 17.8 Å². The molecule has 0 spiro atoms. The molecule has 0 aromatic carbocycles. The van der Waals surface area contributed by atoms with Crippen LogP contribution >= 0.6 is 0 Å². The summed E-state index contributed by atoms with van der Waals surface area (Å²) in [5.41, 5.74) is 6.26. The Morgan fingerprint density at radius 2 is 2.00 bits per heavy atom. The second kappa shape index (κ2) is 7.72. The number of pyridine rings is 1. The molecular weight excluding hydrogens is 318 g/mol. The molecule has 3 amide bonds. The van der Waals surface area contributed by atoms with Crippen molar-refractivity contribution in [2.45, 2.75) is 32.7 Å². The second-order valence-electron chi connectivity index (χ2n) is 7.19. The number of primary amides is 1. The van der Waals surface area contributed by atoms with Crippen LogP contribution in [-0.4, -0.2) is 48.0 Å². The van der Waals surface area contributed by atoms with Gasteiger partial charge in [0.2, 0.25) is 5.91 Å². The summed E-state index contributed by atoms with van der Waals surface area (Å²) in [6.45, 7) is 5.82. The predicted molar refractivity (Wildman–Crippen MR) is 96.0 cm³/mol. The van der Waals surface area contributed by atoms with Gasteiger partial charge < -0.3 is 20.9 Å². The minimum Gasteiger partial charge on any atom is -0.369 e. The van der Waals surface area contributed by atoms with Crippen molar-refractivity contribution in [2.24, 2.45) is 17.6 Å². The van der Waals surface area contributed by atoms with Crippen LogP contribution in [0.5, 0.6) is 0 Å². The number of nitrogens with zero attached hydrogens (tertiary/aromatic N) is 3. The van der Waals surface area contributed by atoms with Crippen LogP contribution in [0.4, 0.5) is 10.6 Å². The van der Waals surface area contributed by atoms with E-state index in [0.717, 1.165) is 30.4 Å². The van der Waals surface area contributed by atoms with Crippen LogP contribution in [0.1, 0.15) is 31.7 Å². The lowest BCUT2D eigenvalue weighted by molar-refractivity contribution is -0.121. The van der Waals surface area contributed by atoms with Crippen molar-refractivity contribution in [2.75, 3.05) is 31.1 Å². The topological polar surface area (TPSA) is 91.6 Å². The van der Waals surface area contributed by atoms with E-state index in [-0.39, 0.29) is 17.9 Å². The van der Waals surface area contributed by atoms with Crippen molar-refractivity contribution in [3.05, 3.63) is 23.9 Å². The lowest BCUT2D eigenvalue weighted by Crippen LogP contribution is -2.39. The quantitative estimate of drug-likeness (QED) is 0.861. The first-order valence-corrected chi connectivity index (χ1v) is 9.05. The molecule has 0 unspecified atom stereocenters. The van der Waals surface area contributed by atoms with E-state index in [1.165, 1.54) is 12.8 Å². The maximum absolute atomic E-state index is 12.2. The molecule has 0 saturated carbocycles. The summed E-state index contributed by atoms with van der Waals surface area (Å²) >= 11 is 0. The van der Waals surface area contributed by atoms with Crippen LogP contribution in [-0.2, 0) is 11.3 Å². The van der Waals surface area contributed by atoms with E-state index in [0.29, 0.717) is 26.1 Å². The Labute approximate surface area is 148 Å². The Morgan fingerprint density at radius 3 is 2.60 bits per heavy atom. The van der Waals surface area contributed by atoms with Gasteiger partial charge in [0.1, 0.15) is 5.82 Å². The van der Waals surface area contributed by atoms with E-state index in [2.05, 4.69) is 22.1 Å². The van der Waals surface area contributed by atoms with E-state index < -0.39 is 0 Å². The number of hydrogen-bond acceptors (Lipinski definition) is 4. The van der Waals surface area contributed by atoms with Crippen LogP contribution in [0.2, 0.25) is 0 Å². The number of nitrogens with one attached hydrogen (secondary N) is 1. The largest absolute Gasteiger partial charge is 0.369 e. The van der Waals surface area contributed by atoms with E-state index in [1.807, 2.05) is 18.3 Å². The molecule has 25 heavy (non-hydrogen) atoms. The van der Waals surface area contributed by atoms with Gasteiger partial charge in [-0.1, -0.05) is 13.0 Å². The number of amides is 3. The fraction of sp³-hybridized carbons (Fsp3) is 0.611. The zero-order valence-corrected chi connectivity index (χ0v) is 14.8. The van der Waals surface area contributed by atoms with Crippen LogP contribution < -0.4 is 16.0 Å². The Morgan fingerprint density at radius 1 is 1.24 bits per heavy atom. The number of carbonyl (C=O) groups is 2. The summed E-state index contributed by atoms with van der Waals surface area (Å²) in [4.78, 5) is 31.8. The SMILES string of the molecule is CC1CCN(c2ccc(CNC(=O)N3CC[C@@H](C(N)=O)C3)cn2)CC1. The smallest absolute Gasteiger partial charge is 0.317 e. The minimum atomic E-state index is -0.331. The third kappa shape index (κ3) is 4.41. The summed E-state index contributed by atoms with van der Waals surface area (Å²) in [7, 11) is 0. The molecule has 0 aliphatic carbocycles. The summed E-state index contributed by atoms with van der Waals surface area (Å²) in [5.74, 6) is 1.25. The fourth-order valence-electron chi connectivity index (χ4n) is 3.41. The van der Waals surface area contributed by atoms with Gasteiger partial charge in [0.25, 0.3) is 0 Å². The zero-order valence-electron chi connectivity index (χ0n) is 14.8. The number of likely N-dealkylation sites (tertiary alicyclic amines) is 1. The molecule has 3 heterocycles. The van der Waals surface area contributed by atoms with Crippen molar-refractivity contribution in [3.63, 3.8) is 0 Å². The number of anilines is 1. The summed E-state index contributed by atoms with van der Waals surface area (Å²) in [6.07, 6.45) is 4.89. The number of piperidine rings is 1. The first-order chi connectivity index (χ1) is 12.0. The molecule has 3 rings (SSSR count). The van der Waals surface area contributed by atoms with Crippen LogP contribution in [0.25, 0.3) is 0 Å². The van der Waals surface area contributed by atoms with Gasteiger partial charge in [-0.25, -0.2) is 9.78 Å². The van der Waals surface area contributed by atoms with Crippen molar-refractivity contribution < 1.29 is 9.59 Å². The van der Waals surface area contributed by atoms with Gasteiger partial charge in [-0.3, -0.25) is 4.79 Å². The number of urea groups is 1. The van der Waals surface area contributed by atoms with Gasteiger partial charge in [0.05, 0.1) is 5.92 Å². The number of nitrogens with two attached hydrogens (primary N) is 1. The third-order valence-electron chi connectivity index (χ3n) is 5.24. The molecule has 136 valence electrons. The molecule has 1 aromatic heterocycles. The number of hydrogen-bond donors (Lipinski definition) is 2. The molecule has 2 fully saturated rings. The van der Waals surface area contributed by atoms with Crippen LogP contribution in [0, 0.1) is 11.8 Å². The molecule has 0 radical (unpaired) electrons. The third-order valence-corrected chi connectivity index (χ3v) is 5.24. The molecule has 2 saturated heterocycles. The summed E-state index contributed by atoms with van der Waals surface area (Å²) < 4.78 is 0. The molecule has 0 bridgehead atoms. The lowest BCUT2D eigenvalue weighted by Gasteiger charge is -2.31. The van der Waals surface area contributed by atoms with Gasteiger partial charge in [-0.15, -0.1) is 0 Å². The van der Waals surface area contributed by atoms with Crippen LogP contribution in [0.15, 0.2) is 18.3 Å². The van der Waals surface area contributed by atoms with E-state index in [1.54, 1.807) is 4.90 Å². The van der Waals surface area contributed by atoms with Gasteiger partial charge in [0, 0.05) is 38.9 Å². The monoisotopic (exact) mass is 345 g/mol. The number of aromatic nitrogens is 1. The molecule has 7 nitrogen and oxygen atoms in total. The highest BCUT2D eigenvalue weighted by atomic mass is 16.2. The number of carbonyl (C=O) groups excluding carboxylic acids is 2. The molecular formula is C18H27N5O2. The van der Waals surface area contributed by atoms with E-state index in [4.69, 9.17) is 5.73 Å². The number of rotatable bonds is 4. The Bertz CT molecular complexity index is 610. The van der Waals surface area contributed by atoms with Gasteiger partial charge in [0.15, 0.2) is 0 Å². The average Bonchev–Trinajstić information content (AvgIpc) is 3.11. The van der Waals surface area contributed by atoms with Crippen molar-refractivity contribution in [1.29, 1.82) is 0 Å². The first-order valence-electron chi connectivity index (χ1n) is 9.05. The first kappa shape index (κ1) is 17.5. The highest BCUT2D eigenvalue weighted by Gasteiger charge is 2.29. The molecule has 3 N–H and O–H groups in total. The molecule has 1 atom stereocenters. The maximum atomic E-state index is 12.2. The lowest BCUT2D eigenvalue weighted by atomic mass is 9.99. The predicted octanol–water partition coefficient (Wildman–Crippen LogP) is 1.33. The maximum Gasteiger partial charge on any atom is 0.317 e. The van der Waals surface area contributed by atoms with E-state index >= 15 is 0 Å². The molecule has 2 aliphatic rings. The molecule has 2 aliphatic heterocycles. The van der Waals surface area contributed by atoms with Crippen LogP contribution in [0.3, 0.4) is 0 Å². The highest BCUT2D eigenvalue weighted by Crippen LogP contribution is 2.21. The standard InChI is InChI=1S/C18H27N5O2/c1-13-4-7-22(8-5-13)16-3-2-14(10-20-16)11-21-18(25)23-9-6-15(12-23)17(19)24/h2-3,10,13,15H,4-9,11-12H2,1H3,(H2,19,24)(H,21,25)/t15-/m1/s1. The Hall–Kier alpha value is -2.31. The van der Waals surface area contributed by atoms with Crippen molar-refractivity contribution in [3.8, 4) is 0 Å². The van der Waals surface area contributed by atoms with Gasteiger partial charge in [-0.05, 0) is 36.8 Å². The Kier molecular flexibility index (Phi) is 5.40. The second-order valence-corrected chi connectivity index (χ2v) is 7.19. The summed E-state index contributed by atoms with van der Waals surface area (Å²) in [5, 5.41) is 2.89. The zero-order chi connectivity index (χ0) is 17.8. The summed E-state index contributed by atoms with van der Waals surface area (Å²) in [6, 6.07) is 3.88. The van der Waals surface area contributed by atoms with E-state index in [9.17, 15) is 9.59 Å². The van der Waals surface area contributed by atoms with Gasteiger partial charge in [-0.2, -0.15) is 0 Å². The Balaban J connectivity index is 1.47. The normalized spacial score (nSPS) is 21.4. The highest BCUT2D eigenvalue weighted by molar-refractivity contribution is 5.80. The average molecular weight is 345 g/mol. The molecule has 1 aromatic rings.